The fourth-order valence-corrected chi connectivity index (χ4v) is 2.29. The molecule has 0 spiro atoms. The molecule has 2 rings (SSSR count). The Bertz CT molecular complexity index is 595. The number of hydrogen-bond donors (Lipinski definition) is 2. The average molecular weight is 276 g/mol. The number of aryl methyl sites for hydroxylation is 2. The standard InChI is InChI=1S/C16H18ClNO/c1-10-3-4-12(7-11(10)2)8-16(19)14-6-5-13(17)9-15(14)18/h3-7,9,16,19H,8,18H2,1-2H3. The van der Waals surface area contributed by atoms with Gasteiger partial charge in [0, 0.05) is 22.7 Å². The molecule has 0 saturated carbocycles. The van der Waals surface area contributed by atoms with E-state index in [1.165, 1.54) is 11.1 Å². The van der Waals surface area contributed by atoms with Crippen molar-refractivity contribution in [2.24, 2.45) is 0 Å². The molecule has 0 fully saturated rings. The van der Waals surface area contributed by atoms with E-state index in [9.17, 15) is 5.11 Å². The van der Waals surface area contributed by atoms with Gasteiger partial charge in [-0.15, -0.1) is 0 Å². The number of aliphatic hydroxyl groups excluding tert-OH is 1. The molecule has 2 aromatic carbocycles. The van der Waals surface area contributed by atoms with Gasteiger partial charge in [-0.05, 0) is 42.7 Å². The van der Waals surface area contributed by atoms with Crippen molar-refractivity contribution in [3.05, 3.63) is 63.7 Å². The third-order valence-electron chi connectivity index (χ3n) is 3.41. The van der Waals surface area contributed by atoms with E-state index >= 15 is 0 Å². The van der Waals surface area contributed by atoms with Gasteiger partial charge in [0.25, 0.3) is 0 Å². The highest BCUT2D eigenvalue weighted by Crippen LogP contribution is 2.26. The topological polar surface area (TPSA) is 46.2 Å². The van der Waals surface area contributed by atoms with E-state index in [0.717, 1.165) is 11.1 Å². The molecule has 2 nitrogen and oxygen atoms in total. The summed E-state index contributed by atoms with van der Waals surface area (Å²) in [5.41, 5.74) is 10.7. The second kappa shape index (κ2) is 5.64. The predicted molar refractivity (Wildman–Crippen MR) is 80.4 cm³/mol. The Kier molecular flexibility index (Phi) is 4.13. The lowest BCUT2D eigenvalue weighted by Crippen LogP contribution is -2.05. The zero-order valence-corrected chi connectivity index (χ0v) is 11.9. The third-order valence-corrected chi connectivity index (χ3v) is 3.64. The van der Waals surface area contributed by atoms with Gasteiger partial charge in [0.05, 0.1) is 6.10 Å². The van der Waals surface area contributed by atoms with Crippen molar-refractivity contribution >= 4 is 17.3 Å². The number of benzene rings is 2. The number of aliphatic hydroxyl groups is 1. The lowest BCUT2D eigenvalue weighted by molar-refractivity contribution is 0.179. The number of nitrogens with two attached hydrogens (primary N) is 1. The molecule has 1 atom stereocenters. The van der Waals surface area contributed by atoms with Crippen LogP contribution in [0.15, 0.2) is 36.4 Å². The molecule has 19 heavy (non-hydrogen) atoms. The van der Waals surface area contributed by atoms with Gasteiger partial charge in [0.15, 0.2) is 0 Å². The Morgan fingerprint density at radius 2 is 1.84 bits per heavy atom. The number of halogens is 1. The molecule has 0 saturated heterocycles. The lowest BCUT2D eigenvalue weighted by atomic mass is 9.97. The first-order valence-electron chi connectivity index (χ1n) is 6.26. The van der Waals surface area contributed by atoms with Crippen molar-refractivity contribution < 1.29 is 5.11 Å². The predicted octanol–water partition coefficient (Wildman–Crippen LogP) is 3.82. The molecule has 0 aromatic heterocycles. The van der Waals surface area contributed by atoms with Gasteiger partial charge in [0.2, 0.25) is 0 Å². The molecule has 1 unspecified atom stereocenters. The molecular weight excluding hydrogens is 258 g/mol. The first-order chi connectivity index (χ1) is 8.97. The van der Waals surface area contributed by atoms with Crippen molar-refractivity contribution in [1.29, 1.82) is 0 Å². The molecule has 3 heteroatoms. The minimum absolute atomic E-state index is 0.531. The fourth-order valence-electron chi connectivity index (χ4n) is 2.11. The molecule has 0 heterocycles. The number of hydrogen-bond acceptors (Lipinski definition) is 2. The summed E-state index contributed by atoms with van der Waals surface area (Å²) >= 11 is 5.86. The Labute approximate surface area is 118 Å². The van der Waals surface area contributed by atoms with Gasteiger partial charge in [-0.3, -0.25) is 0 Å². The quantitative estimate of drug-likeness (QED) is 0.837. The van der Waals surface area contributed by atoms with Crippen LogP contribution in [0.5, 0.6) is 0 Å². The van der Waals surface area contributed by atoms with Crippen molar-refractivity contribution in [2.75, 3.05) is 5.73 Å². The van der Waals surface area contributed by atoms with Crippen LogP contribution in [0, 0.1) is 13.8 Å². The number of rotatable bonds is 3. The maximum Gasteiger partial charge on any atom is 0.0850 e. The smallest absolute Gasteiger partial charge is 0.0850 e. The summed E-state index contributed by atoms with van der Waals surface area (Å²) in [5.74, 6) is 0. The molecule has 0 aliphatic heterocycles. The SMILES string of the molecule is Cc1ccc(CC(O)c2ccc(Cl)cc2N)cc1C. The molecule has 0 bridgehead atoms. The van der Waals surface area contributed by atoms with Crippen LogP contribution < -0.4 is 5.73 Å². The van der Waals surface area contributed by atoms with Crippen LogP contribution in [0.2, 0.25) is 5.02 Å². The van der Waals surface area contributed by atoms with E-state index in [0.29, 0.717) is 17.1 Å². The summed E-state index contributed by atoms with van der Waals surface area (Å²) in [6, 6.07) is 11.4. The summed E-state index contributed by atoms with van der Waals surface area (Å²) in [5, 5.41) is 10.9. The zero-order valence-electron chi connectivity index (χ0n) is 11.2. The second-order valence-electron chi connectivity index (χ2n) is 4.91. The van der Waals surface area contributed by atoms with Gasteiger partial charge in [-0.1, -0.05) is 35.9 Å². The molecule has 3 N–H and O–H groups in total. The Morgan fingerprint density at radius 3 is 2.47 bits per heavy atom. The van der Waals surface area contributed by atoms with Crippen LogP contribution in [0.4, 0.5) is 5.69 Å². The van der Waals surface area contributed by atoms with Crippen LogP contribution in [0.1, 0.15) is 28.4 Å². The first-order valence-corrected chi connectivity index (χ1v) is 6.64. The zero-order chi connectivity index (χ0) is 14.0. The van der Waals surface area contributed by atoms with Crippen LogP contribution >= 0.6 is 11.6 Å². The summed E-state index contributed by atoms with van der Waals surface area (Å²) < 4.78 is 0. The van der Waals surface area contributed by atoms with Crippen LogP contribution in [0.25, 0.3) is 0 Å². The summed E-state index contributed by atoms with van der Waals surface area (Å²) in [7, 11) is 0. The van der Waals surface area contributed by atoms with Gasteiger partial charge < -0.3 is 10.8 Å². The molecule has 0 aliphatic carbocycles. The Balaban J connectivity index is 2.20. The Morgan fingerprint density at radius 1 is 1.11 bits per heavy atom. The molecule has 0 aliphatic rings. The van der Waals surface area contributed by atoms with Crippen molar-refractivity contribution in [2.45, 2.75) is 26.4 Å². The van der Waals surface area contributed by atoms with Crippen LogP contribution in [0.3, 0.4) is 0 Å². The number of anilines is 1. The van der Waals surface area contributed by atoms with E-state index in [1.54, 1.807) is 18.2 Å². The van der Waals surface area contributed by atoms with E-state index in [1.807, 2.05) is 6.07 Å². The van der Waals surface area contributed by atoms with Crippen molar-refractivity contribution in [1.82, 2.24) is 0 Å². The molecule has 0 amide bonds. The van der Waals surface area contributed by atoms with Crippen molar-refractivity contribution in [3.63, 3.8) is 0 Å². The average Bonchev–Trinajstić information content (AvgIpc) is 2.33. The minimum Gasteiger partial charge on any atom is -0.398 e. The van der Waals surface area contributed by atoms with Crippen molar-refractivity contribution in [3.8, 4) is 0 Å². The van der Waals surface area contributed by atoms with Gasteiger partial charge >= 0.3 is 0 Å². The summed E-state index contributed by atoms with van der Waals surface area (Å²) in [6.07, 6.45) is -0.0631. The van der Waals surface area contributed by atoms with Gasteiger partial charge in [-0.25, -0.2) is 0 Å². The number of nitrogen functional groups attached to an aromatic ring is 1. The minimum atomic E-state index is -0.612. The molecule has 2 aromatic rings. The highest BCUT2D eigenvalue weighted by Gasteiger charge is 2.12. The highest BCUT2D eigenvalue weighted by molar-refractivity contribution is 6.30. The normalized spacial score (nSPS) is 12.4. The lowest BCUT2D eigenvalue weighted by Gasteiger charge is -2.14. The third kappa shape index (κ3) is 3.28. The van der Waals surface area contributed by atoms with E-state index in [4.69, 9.17) is 17.3 Å². The Hall–Kier alpha value is -1.51. The van der Waals surface area contributed by atoms with E-state index in [2.05, 4.69) is 26.0 Å². The van der Waals surface area contributed by atoms with E-state index < -0.39 is 6.10 Å². The fraction of sp³-hybridized carbons (Fsp3) is 0.250. The van der Waals surface area contributed by atoms with Crippen LogP contribution in [-0.4, -0.2) is 5.11 Å². The monoisotopic (exact) mass is 275 g/mol. The molecule has 0 radical (unpaired) electrons. The highest BCUT2D eigenvalue weighted by atomic mass is 35.5. The molecular formula is C16H18ClNO. The summed E-state index contributed by atoms with van der Waals surface area (Å²) in [4.78, 5) is 0. The maximum atomic E-state index is 10.3. The second-order valence-corrected chi connectivity index (χ2v) is 5.35. The van der Waals surface area contributed by atoms with Crippen LogP contribution in [-0.2, 0) is 6.42 Å². The largest absolute Gasteiger partial charge is 0.398 e. The van der Waals surface area contributed by atoms with E-state index in [-0.39, 0.29) is 0 Å². The summed E-state index contributed by atoms with van der Waals surface area (Å²) in [6.45, 7) is 4.15. The van der Waals surface area contributed by atoms with Gasteiger partial charge in [-0.2, -0.15) is 0 Å². The van der Waals surface area contributed by atoms with Gasteiger partial charge in [0.1, 0.15) is 0 Å². The first kappa shape index (κ1) is 13.9. The molecule has 100 valence electrons. The maximum absolute atomic E-state index is 10.3.